The number of hydrogen-bond acceptors (Lipinski definition) is 6. The maximum atomic E-state index is 12.4. The lowest BCUT2D eigenvalue weighted by atomic mass is 10.1. The van der Waals surface area contributed by atoms with Gasteiger partial charge in [-0.2, -0.15) is 0 Å². The highest BCUT2D eigenvalue weighted by Crippen LogP contribution is 2.30. The number of ether oxygens (including phenoxy) is 2. The summed E-state index contributed by atoms with van der Waals surface area (Å²) in [5, 5.41) is 2.90. The molecule has 1 atom stereocenters. The molecule has 2 aromatic carbocycles. The zero-order valence-electron chi connectivity index (χ0n) is 18.2. The molecule has 1 amide bonds. The van der Waals surface area contributed by atoms with Crippen molar-refractivity contribution in [2.75, 3.05) is 37.8 Å². The van der Waals surface area contributed by atoms with Crippen molar-refractivity contribution in [2.24, 2.45) is 0 Å². The van der Waals surface area contributed by atoms with E-state index < -0.39 is 0 Å². The minimum absolute atomic E-state index is 0.0942. The van der Waals surface area contributed by atoms with Gasteiger partial charge in [0.25, 0.3) is 5.91 Å². The minimum atomic E-state index is -0.136. The summed E-state index contributed by atoms with van der Waals surface area (Å²) in [6, 6.07) is 15.8. The zero-order valence-corrected chi connectivity index (χ0v) is 18.2. The van der Waals surface area contributed by atoms with Crippen LogP contribution in [0.1, 0.15) is 27.4 Å². The summed E-state index contributed by atoms with van der Waals surface area (Å²) in [4.78, 5) is 19.5. The first-order valence-electron chi connectivity index (χ1n) is 11.0. The van der Waals surface area contributed by atoms with Crippen LogP contribution in [0.5, 0.6) is 0 Å². The van der Waals surface area contributed by atoms with Crippen LogP contribution in [0.3, 0.4) is 0 Å². The van der Waals surface area contributed by atoms with Crippen molar-refractivity contribution in [3.8, 4) is 11.5 Å². The van der Waals surface area contributed by atoms with Gasteiger partial charge in [0, 0.05) is 29.9 Å². The van der Waals surface area contributed by atoms with E-state index in [2.05, 4.69) is 34.5 Å². The molecule has 1 saturated heterocycles. The fraction of sp³-hybridized carbons (Fsp3) is 0.360. The number of nitrogens with zero attached hydrogens (tertiary/aromatic N) is 2. The van der Waals surface area contributed by atoms with Crippen molar-refractivity contribution < 1.29 is 18.7 Å². The van der Waals surface area contributed by atoms with Gasteiger partial charge in [0.2, 0.25) is 5.89 Å². The molecule has 0 spiro atoms. The van der Waals surface area contributed by atoms with Crippen molar-refractivity contribution in [3.05, 3.63) is 71.1 Å². The second-order valence-corrected chi connectivity index (χ2v) is 8.18. The van der Waals surface area contributed by atoms with Gasteiger partial charge in [-0.25, -0.2) is 4.98 Å². The molecule has 0 aliphatic carbocycles. The standard InChI is InChI=1S/C25H27N3O4/c1-17-22(15-28-11-10-18-4-2-3-5-23(18)28)27-25(32-17)20-8-6-19(7-9-20)24(29)26-14-21-16-30-12-13-31-21/h2-9,21H,10-16H2,1H3,(H,26,29). The van der Waals surface area contributed by atoms with Crippen molar-refractivity contribution in [2.45, 2.75) is 26.0 Å². The van der Waals surface area contributed by atoms with Crippen LogP contribution in [0, 0.1) is 6.92 Å². The van der Waals surface area contributed by atoms with Crippen LogP contribution in [0.25, 0.3) is 11.5 Å². The van der Waals surface area contributed by atoms with Crippen molar-refractivity contribution in [3.63, 3.8) is 0 Å². The number of amides is 1. The first-order chi connectivity index (χ1) is 15.7. The van der Waals surface area contributed by atoms with Gasteiger partial charge < -0.3 is 24.1 Å². The van der Waals surface area contributed by atoms with Gasteiger partial charge >= 0.3 is 0 Å². The summed E-state index contributed by atoms with van der Waals surface area (Å²) in [6.45, 7) is 5.78. The molecule has 1 aromatic heterocycles. The van der Waals surface area contributed by atoms with Crippen LogP contribution >= 0.6 is 0 Å². The second kappa shape index (κ2) is 9.14. The largest absolute Gasteiger partial charge is 0.441 e. The van der Waals surface area contributed by atoms with Crippen LogP contribution in [-0.2, 0) is 22.4 Å². The third-order valence-electron chi connectivity index (χ3n) is 5.99. The van der Waals surface area contributed by atoms with Gasteiger partial charge in [0.1, 0.15) is 11.5 Å². The quantitative estimate of drug-likeness (QED) is 0.642. The second-order valence-electron chi connectivity index (χ2n) is 8.18. The Balaban J connectivity index is 1.23. The van der Waals surface area contributed by atoms with Crippen LogP contribution in [-0.4, -0.2) is 49.9 Å². The first kappa shape index (κ1) is 20.7. The molecule has 3 heterocycles. The molecular formula is C25H27N3O4. The molecule has 166 valence electrons. The average molecular weight is 434 g/mol. The Labute approximate surface area is 187 Å². The molecular weight excluding hydrogens is 406 g/mol. The molecule has 0 bridgehead atoms. The smallest absolute Gasteiger partial charge is 0.251 e. The molecule has 0 radical (unpaired) electrons. The minimum Gasteiger partial charge on any atom is -0.441 e. The van der Waals surface area contributed by atoms with E-state index in [9.17, 15) is 4.79 Å². The number of para-hydroxylation sites is 1. The van der Waals surface area contributed by atoms with Crippen molar-refractivity contribution in [1.82, 2.24) is 10.3 Å². The average Bonchev–Trinajstić information content (AvgIpc) is 3.42. The van der Waals surface area contributed by atoms with Crippen LogP contribution in [0.2, 0.25) is 0 Å². The topological polar surface area (TPSA) is 76.8 Å². The maximum absolute atomic E-state index is 12.4. The predicted molar refractivity (Wildman–Crippen MR) is 121 cm³/mol. The maximum Gasteiger partial charge on any atom is 0.251 e. The molecule has 2 aliphatic rings. The van der Waals surface area contributed by atoms with Crippen molar-refractivity contribution in [1.29, 1.82) is 0 Å². The summed E-state index contributed by atoms with van der Waals surface area (Å²) in [7, 11) is 0. The Kier molecular flexibility index (Phi) is 5.92. The zero-order chi connectivity index (χ0) is 21.9. The van der Waals surface area contributed by atoms with Gasteiger partial charge in [-0.3, -0.25) is 4.79 Å². The van der Waals surface area contributed by atoms with Gasteiger partial charge in [-0.15, -0.1) is 0 Å². The van der Waals surface area contributed by atoms with Crippen LogP contribution < -0.4 is 10.2 Å². The molecule has 5 rings (SSSR count). The molecule has 32 heavy (non-hydrogen) atoms. The molecule has 2 aliphatic heterocycles. The number of aromatic nitrogens is 1. The Bertz CT molecular complexity index is 1090. The van der Waals surface area contributed by atoms with Gasteiger partial charge in [-0.1, -0.05) is 18.2 Å². The van der Waals surface area contributed by atoms with E-state index in [1.54, 1.807) is 12.1 Å². The Morgan fingerprint density at radius 2 is 2.00 bits per heavy atom. The molecule has 1 unspecified atom stereocenters. The fourth-order valence-electron chi connectivity index (χ4n) is 4.18. The highest BCUT2D eigenvalue weighted by molar-refractivity contribution is 5.94. The van der Waals surface area contributed by atoms with E-state index in [0.717, 1.165) is 36.5 Å². The lowest BCUT2D eigenvalue weighted by Gasteiger charge is -2.23. The predicted octanol–water partition coefficient (Wildman–Crippen LogP) is 3.36. The molecule has 3 aromatic rings. The van der Waals surface area contributed by atoms with Crippen LogP contribution in [0.4, 0.5) is 5.69 Å². The lowest BCUT2D eigenvalue weighted by molar-refractivity contribution is -0.0855. The number of nitrogens with one attached hydrogen (secondary N) is 1. The van der Waals surface area contributed by atoms with Gasteiger partial charge in [-0.05, 0) is 49.2 Å². The number of rotatable bonds is 6. The van der Waals surface area contributed by atoms with Gasteiger partial charge in [0.15, 0.2) is 0 Å². The van der Waals surface area contributed by atoms with Crippen molar-refractivity contribution >= 4 is 11.6 Å². The Hall–Kier alpha value is -3.16. The van der Waals surface area contributed by atoms with E-state index in [-0.39, 0.29) is 12.0 Å². The third kappa shape index (κ3) is 4.40. The third-order valence-corrected chi connectivity index (χ3v) is 5.99. The van der Waals surface area contributed by atoms with Gasteiger partial charge in [0.05, 0.1) is 32.5 Å². The number of anilines is 1. The number of carbonyl (C=O) groups is 1. The Morgan fingerprint density at radius 3 is 2.81 bits per heavy atom. The van der Waals surface area contributed by atoms with E-state index in [4.69, 9.17) is 18.9 Å². The molecule has 1 fully saturated rings. The highest BCUT2D eigenvalue weighted by Gasteiger charge is 2.22. The normalized spacial score (nSPS) is 17.9. The number of aryl methyl sites for hydroxylation is 1. The summed E-state index contributed by atoms with van der Waals surface area (Å²) in [6.07, 6.45) is 0.965. The summed E-state index contributed by atoms with van der Waals surface area (Å²) in [5.74, 6) is 1.26. The highest BCUT2D eigenvalue weighted by atomic mass is 16.6. The monoisotopic (exact) mass is 433 g/mol. The number of benzene rings is 2. The summed E-state index contributed by atoms with van der Waals surface area (Å²) in [5.41, 5.74) is 5.03. The first-order valence-corrected chi connectivity index (χ1v) is 11.0. The molecule has 7 heteroatoms. The number of carbonyl (C=O) groups excluding carboxylic acids is 1. The van der Waals surface area contributed by atoms with E-state index in [0.29, 0.717) is 37.8 Å². The fourth-order valence-corrected chi connectivity index (χ4v) is 4.18. The number of fused-ring (bicyclic) bond motifs is 1. The van der Waals surface area contributed by atoms with E-state index in [1.807, 2.05) is 19.1 Å². The molecule has 1 N–H and O–H groups in total. The summed E-state index contributed by atoms with van der Waals surface area (Å²) < 4.78 is 16.9. The lowest BCUT2D eigenvalue weighted by Crippen LogP contribution is -2.39. The number of hydrogen-bond donors (Lipinski definition) is 1. The summed E-state index contributed by atoms with van der Waals surface area (Å²) >= 11 is 0. The van der Waals surface area contributed by atoms with Crippen LogP contribution in [0.15, 0.2) is 52.9 Å². The molecule has 0 saturated carbocycles. The Morgan fingerprint density at radius 1 is 1.16 bits per heavy atom. The number of oxazole rings is 1. The van der Waals surface area contributed by atoms with E-state index in [1.165, 1.54) is 11.3 Å². The van der Waals surface area contributed by atoms with E-state index >= 15 is 0 Å². The molecule has 7 nitrogen and oxygen atoms in total. The SMILES string of the molecule is Cc1oc(-c2ccc(C(=O)NCC3COCCO3)cc2)nc1CN1CCc2ccccc21.